The van der Waals surface area contributed by atoms with Crippen LogP contribution in [0.4, 0.5) is 0 Å². The Bertz CT molecular complexity index is 30.9. The molecule has 0 aromatic carbocycles. The van der Waals surface area contributed by atoms with Gasteiger partial charge in [0.15, 0.2) is 0 Å². The minimum absolute atomic E-state index is 0.174. The number of rotatable bonds is 4. The lowest BCUT2D eigenvalue weighted by molar-refractivity contribution is 0.771. The summed E-state index contributed by atoms with van der Waals surface area (Å²) in [6.07, 6.45) is 1.26. The second-order valence-corrected chi connectivity index (χ2v) is 3.72. The normalized spacial score (nSPS) is 8.29. The fraction of sp³-hybridized carbons (Fsp3) is 1.00. The summed E-state index contributed by atoms with van der Waals surface area (Å²) in [4.78, 5) is 0. The van der Waals surface area contributed by atoms with E-state index in [1.54, 1.807) is 0 Å². The molecule has 0 bridgehead atoms. The van der Waals surface area contributed by atoms with Gasteiger partial charge in [-0.2, -0.15) is 0 Å². The average Bonchev–Trinajstić information content (AvgIpc) is 1.69. The van der Waals surface area contributed by atoms with E-state index < -0.39 is 0 Å². The van der Waals surface area contributed by atoms with Crippen molar-refractivity contribution in [3.05, 3.63) is 0 Å². The Labute approximate surface area is 58.3 Å². The molecule has 40 valence electrons. The summed E-state index contributed by atoms with van der Waals surface area (Å²) < 4.78 is 1.27. The molecule has 3 heteroatoms. The maximum absolute atomic E-state index is 5.55. The van der Waals surface area contributed by atoms with Gasteiger partial charge < -0.3 is 14.4 Å². The van der Waals surface area contributed by atoms with E-state index in [2.05, 4.69) is 5.32 Å². The molecule has 1 N–H and O–H groups in total. The standard InChI is InChI=1S/C4H10N.ClH.Mg/c1-3-4-5-2;;/h5H,1,3-4H2,2H3;1H;/q;;+1/p-1. The third-order valence-corrected chi connectivity index (χ3v) is 2.38. The molecule has 0 spiro atoms. The first kappa shape index (κ1) is 8.02. The molecule has 0 atom stereocenters. The topological polar surface area (TPSA) is 12.0 Å². The van der Waals surface area contributed by atoms with Crippen LogP contribution in [0.1, 0.15) is 6.42 Å². The Balaban J connectivity index is 2.45. The van der Waals surface area contributed by atoms with E-state index >= 15 is 0 Å². The first-order valence-corrected chi connectivity index (χ1v) is 5.76. The zero-order valence-corrected chi connectivity index (χ0v) is 6.88. The third kappa shape index (κ3) is 7.02. The van der Waals surface area contributed by atoms with Crippen molar-refractivity contribution in [3.63, 3.8) is 0 Å². The molecule has 0 amide bonds. The highest BCUT2D eigenvalue weighted by Crippen LogP contribution is 1.86. The SMILES string of the molecule is CNCC[CH2][Mg][Cl]. The fourth-order valence-electron chi connectivity index (χ4n) is 0.396. The lowest BCUT2D eigenvalue weighted by Gasteiger charge is -1.91. The Hall–Kier alpha value is 1.02. The molecule has 0 aliphatic carbocycles. The van der Waals surface area contributed by atoms with Crippen LogP contribution in [-0.2, 0) is 0 Å². The predicted octanol–water partition coefficient (Wildman–Crippen LogP) is 0.872. The first-order chi connectivity index (χ1) is 3.41. The number of nitrogens with one attached hydrogen (secondary N) is 1. The van der Waals surface area contributed by atoms with Gasteiger partial charge in [-0.3, -0.25) is 0 Å². The largest absolute Gasteiger partial charge is 0.501 e. The van der Waals surface area contributed by atoms with Crippen LogP contribution in [0.25, 0.3) is 0 Å². The Morgan fingerprint density at radius 2 is 2.43 bits per heavy atom. The minimum atomic E-state index is -0.174. The highest BCUT2D eigenvalue weighted by molar-refractivity contribution is 6.93. The molecule has 0 rings (SSSR count). The lowest BCUT2D eigenvalue weighted by atomic mass is 10.5. The Kier molecular flexibility index (Phi) is 8.03. The zero-order valence-electron chi connectivity index (χ0n) is 4.71. The van der Waals surface area contributed by atoms with Crippen molar-refractivity contribution in [2.24, 2.45) is 0 Å². The Morgan fingerprint density at radius 3 is 2.86 bits per heavy atom. The Morgan fingerprint density at radius 1 is 1.71 bits per heavy atom. The maximum Gasteiger partial charge on any atom is 0.501 e. The van der Waals surface area contributed by atoms with E-state index in [1.807, 2.05) is 7.05 Å². The van der Waals surface area contributed by atoms with Crippen LogP contribution in [0.2, 0.25) is 4.55 Å². The van der Waals surface area contributed by atoms with Crippen LogP contribution in [0.15, 0.2) is 0 Å². The minimum Gasteiger partial charge on any atom is -0.346 e. The summed E-state index contributed by atoms with van der Waals surface area (Å²) in [7, 11) is 7.52. The molecule has 0 saturated heterocycles. The number of hydrogen-bond donors (Lipinski definition) is 1. The molecule has 7 heavy (non-hydrogen) atoms. The van der Waals surface area contributed by atoms with Gasteiger partial charge in [-0.25, -0.2) is 0 Å². The molecule has 0 aromatic rings. The maximum atomic E-state index is 5.55. The summed E-state index contributed by atoms with van der Waals surface area (Å²) in [6.45, 7) is 1.12. The highest BCUT2D eigenvalue weighted by atomic mass is 35.5. The van der Waals surface area contributed by atoms with Crippen LogP contribution in [0.3, 0.4) is 0 Å². The first-order valence-electron chi connectivity index (χ1n) is 2.62. The molecule has 0 heterocycles. The van der Waals surface area contributed by atoms with Gasteiger partial charge in [-0.15, -0.1) is 4.55 Å². The third-order valence-electron chi connectivity index (χ3n) is 0.810. The van der Waals surface area contributed by atoms with Gasteiger partial charge in [-0.05, 0) is 13.6 Å². The summed E-state index contributed by atoms with van der Waals surface area (Å²) in [5.41, 5.74) is 0. The van der Waals surface area contributed by atoms with Gasteiger partial charge in [0.1, 0.15) is 0 Å². The fourth-order valence-corrected chi connectivity index (χ4v) is 1.40. The molecule has 0 aliphatic rings. The second kappa shape index (κ2) is 7.02. The lowest BCUT2D eigenvalue weighted by Crippen LogP contribution is -2.07. The molecule has 0 fully saturated rings. The molecular weight excluding hydrogens is 122 g/mol. The van der Waals surface area contributed by atoms with Gasteiger partial charge in [0.2, 0.25) is 0 Å². The average molecular weight is 132 g/mol. The summed E-state index contributed by atoms with van der Waals surface area (Å²) in [6, 6.07) is 0. The van der Waals surface area contributed by atoms with Gasteiger partial charge >= 0.3 is 19.3 Å². The van der Waals surface area contributed by atoms with Crippen LogP contribution >= 0.6 is 9.07 Å². The monoisotopic (exact) mass is 131 g/mol. The predicted molar refractivity (Wildman–Crippen MR) is 35.0 cm³/mol. The molecule has 1 nitrogen and oxygen atoms in total. The van der Waals surface area contributed by atoms with E-state index in [-0.39, 0.29) is 19.3 Å². The molecule has 0 radical (unpaired) electrons. The van der Waals surface area contributed by atoms with Crippen molar-refractivity contribution in [3.8, 4) is 0 Å². The van der Waals surface area contributed by atoms with Crippen LogP contribution < -0.4 is 5.32 Å². The molecule has 0 aliphatic heterocycles. The van der Waals surface area contributed by atoms with Crippen LogP contribution in [-0.4, -0.2) is 32.9 Å². The van der Waals surface area contributed by atoms with Crippen molar-refractivity contribution in [2.75, 3.05) is 13.6 Å². The van der Waals surface area contributed by atoms with Gasteiger partial charge in [0, 0.05) is 0 Å². The van der Waals surface area contributed by atoms with E-state index in [0.29, 0.717) is 0 Å². The van der Waals surface area contributed by atoms with Crippen molar-refractivity contribution in [1.29, 1.82) is 0 Å². The van der Waals surface area contributed by atoms with Gasteiger partial charge in [0.25, 0.3) is 0 Å². The van der Waals surface area contributed by atoms with E-state index in [9.17, 15) is 0 Å². The van der Waals surface area contributed by atoms with E-state index in [0.717, 1.165) is 6.54 Å². The van der Waals surface area contributed by atoms with Gasteiger partial charge in [0.05, 0.1) is 0 Å². The summed E-state index contributed by atoms with van der Waals surface area (Å²) in [5.74, 6) is 0. The number of halogens is 1. The summed E-state index contributed by atoms with van der Waals surface area (Å²) >= 11 is -0.174. The van der Waals surface area contributed by atoms with Gasteiger partial charge in [-0.1, -0.05) is 6.42 Å². The van der Waals surface area contributed by atoms with E-state index in [4.69, 9.17) is 9.07 Å². The second-order valence-electron chi connectivity index (χ2n) is 1.50. The quantitative estimate of drug-likeness (QED) is 0.442. The van der Waals surface area contributed by atoms with Crippen molar-refractivity contribution >= 4 is 28.3 Å². The zero-order chi connectivity index (χ0) is 5.54. The van der Waals surface area contributed by atoms with Crippen molar-refractivity contribution in [2.45, 2.75) is 11.0 Å². The smallest absolute Gasteiger partial charge is 0.346 e. The number of hydrogen-bond acceptors (Lipinski definition) is 1. The molecule has 0 aromatic heterocycles. The summed E-state index contributed by atoms with van der Waals surface area (Å²) in [5, 5.41) is 3.07. The van der Waals surface area contributed by atoms with Crippen LogP contribution in [0, 0.1) is 0 Å². The molecule has 0 unspecified atom stereocenters. The molecule has 0 saturated carbocycles. The van der Waals surface area contributed by atoms with Crippen LogP contribution in [0.5, 0.6) is 0 Å². The van der Waals surface area contributed by atoms with Crippen molar-refractivity contribution < 1.29 is 0 Å². The van der Waals surface area contributed by atoms with E-state index in [1.165, 1.54) is 11.0 Å². The van der Waals surface area contributed by atoms with Crippen molar-refractivity contribution in [1.82, 2.24) is 5.32 Å². The highest BCUT2D eigenvalue weighted by Gasteiger charge is 1.87. The molecular formula is C4H10ClMgN.